The number of rotatable bonds is 3. The van der Waals surface area contributed by atoms with Crippen molar-refractivity contribution in [3.63, 3.8) is 0 Å². The highest BCUT2D eigenvalue weighted by Crippen LogP contribution is 2.40. The predicted octanol–water partition coefficient (Wildman–Crippen LogP) is 2.46. The number of benzene rings is 2. The number of carbonyl (C=O) groups excluding carboxylic acids is 3. The molecule has 146 valence electrons. The molecule has 1 aromatic heterocycles. The molecule has 0 aliphatic carbocycles. The Labute approximate surface area is 169 Å². The molecule has 1 saturated heterocycles. The van der Waals surface area contributed by atoms with Crippen molar-refractivity contribution in [1.82, 2.24) is 15.2 Å². The van der Waals surface area contributed by atoms with Gasteiger partial charge in [0, 0.05) is 12.0 Å². The molecule has 1 atom stereocenters. The van der Waals surface area contributed by atoms with Gasteiger partial charge in [-0.3, -0.25) is 14.5 Å². The molecule has 0 unspecified atom stereocenters. The van der Waals surface area contributed by atoms with E-state index in [1.807, 2.05) is 30.3 Å². The van der Waals surface area contributed by atoms with Gasteiger partial charge < -0.3 is 15.4 Å². The number of nitrogens with zero attached hydrogens (tertiary/aromatic N) is 2. The van der Waals surface area contributed by atoms with Gasteiger partial charge in [-0.05, 0) is 18.2 Å². The van der Waals surface area contributed by atoms with E-state index in [9.17, 15) is 14.4 Å². The molecule has 9 heteroatoms. The Kier molecular flexibility index (Phi) is 3.99. The molecule has 2 aliphatic heterocycles. The first-order chi connectivity index (χ1) is 14.1. The monoisotopic (exact) mass is 408 g/mol. The van der Waals surface area contributed by atoms with E-state index in [1.54, 1.807) is 18.2 Å². The molecule has 0 radical (unpaired) electrons. The number of anilines is 1. The van der Waals surface area contributed by atoms with E-state index < -0.39 is 23.4 Å². The van der Waals surface area contributed by atoms with Crippen molar-refractivity contribution in [1.29, 1.82) is 0 Å². The van der Waals surface area contributed by atoms with Crippen molar-refractivity contribution in [3.05, 3.63) is 54.1 Å². The third kappa shape index (κ3) is 2.82. The molecule has 3 aromatic rings. The van der Waals surface area contributed by atoms with E-state index in [-0.39, 0.29) is 6.54 Å². The van der Waals surface area contributed by atoms with Crippen molar-refractivity contribution in [2.45, 2.75) is 12.0 Å². The summed E-state index contributed by atoms with van der Waals surface area (Å²) in [5, 5.41) is 5.89. The van der Waals surface area contributed by atoms with Crippen molar-refractivity contribution in [3.8, 4) is 5.75 Å². The van der Waals surface area contributed by atoms with Gasteiger partial charge in [-0.25, -0.2) is 9.78 Å². The Bertz CT molecular complexity index is 1130. The summed E-state index contributed by atoms with van der Waals surface area (Å²) in [4.78, 5) is 43.5. The highest BCUT2D eigenvalue weighted by molar-refractivity contribution is 7.22. The van der Waals surface area contributed by atoms with Crippen molar-refractivity contribution in [2.24, 2.45) is 0 Å². The normalized spacial score (nSPS) is 20.5. The summed E-state index contributed by atoms with van der Waals surface area (Å²) in [6.07, 6.45) is 0.310. The standard InChI is InChI=1S/C20H16N4O4S/c25-16(22-18-21-13-6-2-4-8-15(13)29-18)11-24-17(26)20(23-19(24)27)9-10-28-14-7-3-1-5-12(14)20/h1-8H,9-11H2,(H,23,27)(H,21,22,25)/t20-/m1/s1. The van der Waals surface area contributed by atoms with Crippen LogP contribution >= 0.6 is 11.3 Å². The van der Waals surface area contributed by atoms with E-state index in [1.165, 1.54) is 11.3 Å². The van der Waals surface area contributed by atoms with Crippen molar-refractivity contribution < 1.29 is 19.1 Å². The summed E-state index contributed by atoms with van der Waals surface area (Å²) in [6, 6.07) is 14.1. The summed E-state index contributed by atoms with van der Waals surface area (Å²) in [5.41, 5.74) is 0.196. The number of hydrogen-bond donors (Lipinski definition) is 2. The molecule has 29 heavy (non-hydrogen) atoms. The van der Waals surface area contributed by atoms with Gasteiger partial charge in [0.15, 0.2) is 10.7 Å². The van der Waals surface area contributed by atoms with Gasteiger partial charge in [0.05, 0.1) is 16.8 Å². The Balaban J connectivity index is 1.36. The van der Waals surface area contributed by atoms with E-state index in [0.29, 0.717) is 29.5 Å². The van der Waals surface area contributed by atoms with Gasteiger partial charge >= 0.3 is 6.03 Å². The number of thiazole rings is 1. The number of nitrogens with one attached hydrogen (secondary N) is 2. The number of ether oxygens (including phenoxy) is 1. The fraction of sp³-hybridized carbons (Fsp3) is 0.200. The maximum Gasteiger partial charge on any atom is 0.325 e. The van der Waals surface area contributed by atoms with Gasteiger partial charge in [0.25, 0.3) is 5.91 Å². The summed E-state index contributed by atoms with van der Waals surface area (Å²) < 4.78 is 6.55. The molecule has 4 amide bonds. The third-order valence-corrected chi connectivity index (χ3v) is 6.05. The van der Waals surface area contributed by atoms with Gasteiger partial charge in [-0.15, -0.1) is 0 Å². The maximum atomic E-state index is 13.2. The number of urea groups is 1. The smallest absolute Gasteiger partial charge is 0.325 e. The SMILES string of the molecule is O=C(CN1C(=O)N[C@@]2(CCOc3ccccc32)C1=O)Nc1nc2ccccc2s1. The third-order valence-electron chi connectivity index (χ3n) is 5.10. The fourth-order valence-electron chi connectivity index (χ4n) is 3.74. The lowest BCUT2D eigenvalue weighted by Crippen LogP contribution is -2.48. The van der Waals surface area contributed by atoms with Gasteiger partial charge in [0.1, 0.15) is 12.3 Å². The molecule has 3 heterocycles. The van der Waals surface area contributed by atoms with Crippen LogP contribution in [0.5, 0.6) is 5.75 Å². The average molecular weight is 408 g/mol. The minimum atomic E-state index is -1.19. The number of hydrogen-bond acceptors (Lipinski definition) is 6. The molecule has 0 bridgehead atoms. The van der Waals surface area contributed by atoms with Crippen molar-refractivity contribution >= 4 is 44.5 Å². The molecular formula is C20H16N4O4S. The molecule has 8 nitrogen and oxygen atoms in total. The second-order valence-corrected chi connectivity index (χ2v) is 7.89. The molecule has 2 N–H and O–H groups in total. The number of aromatic nitrogens is 1. The number of carbonyl (C=O) groups is 3. The van der Waals surface area contributed by atoms with Crippen molar-refractivity contribution in [2.75, 3.05) is 18.5 Å². The predicted molar refractivity (Wildman–Crippen MR) is 107 cm³/mol. The van der Waals surface area contributed by atoms with Crippen LogP contribution in [0.4, 0.5) is 9.93 Å². The van der Waals surface area contributed by atoms with Crippen LogP contribution in [-0.2, 0) is 15.1 Å². The Morgan fingerprint density at radius 3 is 2.86 bits per heavy atom. The minimum Gasteiger partial charge on any atom is -0.493 e. The van der Waals surface area contributed by atoms with Gasteiger partial charge in [-0.2, -0.15) is 0 Å². The highest BCUT2D eigenvalue weighted by Gasteiger charge is 2.55. The van der Waals surface area contributed by atoms with Crippen LogP contribution < -0.4 is 15.4 Å². The molecule has 0 saturated carbocycles. The Hall–Kier alpha value is -3.46. The highest BCUT2D eigenvalue weighted by atomic mass is 32.1. The lowest BCUT2D eigenvalue weighted by atomic mass is 9.84. The van der Waals surface area contributed by atoms with Crippen LogP contribution in [-0.4, -0.2) is 40.9 Å². The Morgan fingerprint density at radius 2 is 2.00 bits per heavy atom. The van der Waals surface area contributed by atoms with E-state index in [0.717, 1.165) is 15.1 Å². The van der Waals surface area contributed by atoms with Crippen LogP contribution in [0.15, 0.2) is 48.5 Å². The first-order valence-electron chi connectivity index (χ1n) is 9.09. The lowest BCUT2D eigenvalue weighted by Gasteiger charge is -2.33. The summed E-state index contributed by atoms with van der Waals surface area (Å²) in [5.74, 6) is -0.365. The zero-order valence-electron chi connectivity index (χ0n) is 15.2. The van der Waals surface area contributed by atoms with E-state index in [2.05, 4.69) is 15.6 Å². The summed E-state index contributed by atoms with van der Waals surface area (Å²) in [6.45, 7) is -0.0832. The minimum absolute atomic E-state index is 0.300. The lowest BCUT2D eigenvalue weighted by molar-refractivity contribution is -0.135. The molecule has 2 aliphatic rings. The molecule has 2 aromatic carbocycles. The molecular weight excluding hydrogens is 392 g/mol. The van der Waals surface area contributed by atoms with Crippen LogP contribution in [0, 0.1) is 0 Å². The molecule has 1 fully saturated rings. The zero-order valence-corrected chi connectivity index (χ0v) is 16.0. The first kappa shape index (κ1) is 17.6. The number of para-hydroxylation sites is 2. The molecule has 1 spiro atoms. The second kappa shape index (κ2) is 6.56. The van der Waals surface area contributed by atoms with Crippen LogP contribution in [0.1, 0.15) is 12.0 Å². The number of amides is 4. The quantitative estimate of drug-likeness (QED) is 0.649. The number of fused-ring (bicyclic) bond motifs is 3. The second-order valence-electron chi connectivity index (χ2n) is 6.86. The van der Waals surface area contributed by atoms with Crippen LogP contribution in [0.2, 0.25) is 0 Å². The van der Waals surface area contributed by atoms with E-state index >= 15 is 0 Å². The first-order valence-corrected chi connectivity index (χ1v) is 9.90. The fourth-order valence-corrected chi connectivity index (χ4v) is 4.63. The average Bonchev–Trinajstić information content (AvgIpc) is 3.22. The zero-order chi connectivity index (χ0) is 20.0. The molecule has 5 rings (SSSR count). The maximum absolute atomic E-state index is 13.2. The van der Waals surface area contributed by atoms with Gasteiger partial charge in [0.2, 0.25) is 5.91 Å². The van der Waals surface area contributed by atoms with Gasteiger partial charge in [-0.1, -0.05) is 41.7 Å². The number of imide groups is 1. The van der Waals surface area contributed by atoms with Crippen LogP contribution in [0.25, 0.3) is 10.2 Å². The largest absolute Gasteiger partial charge is 0.493 e. The van der Waals surface area contributed by atoms with E-state index in [4.69, 9.17) is 4.74 Å². The Morgan fingerprint density at radius 1 is 1.21 bits per heavy atom. The topological polar surface area (TPSA) is 101 Å². The summed E-state index contributed by atoms with van der Waals surface area (Å²) >= 11 is 1.33. The van der Waals surface area contributed by atoms with Crippen LogP contribution in [0.3, 0.4) is 0 Å². The summed E-state index contributed by atoms with van der Waals surface area (Å²) in [7, 11) is 0.